The van der Waals surface area contributed by atoms with Crippen LogP contribution in [0.1, 0.15) is 26.3 Å². The number of rotatable bonds is 9. The molecule has 0 aliphatic rings. The Morgan fingerprint density at radius 1 is 0.757 bits per heavy atom. The molecule has 0 saturated heterocycles. The summed E-state index contributed by atoms with van der Waals surface area (Å²) in [5.74, 6) is 0.778. The maximum atomic E-state index is 13.0. The molecule has 1 unspecified atom stereocenters. The highest BCUT2D eigenvalue weighted by Crippen LogP contribution is 2.09. The van der Waals surface area contributed by atoms with Gasteiger partial charge in [0.2, 0.25) is 0 Å². The van der Waals surface area contributed by atoms with Gasteiger partial charge in [0.25, 0.3) is 11.8 Å². The normalized spacial score (nSPS) is 11.6. The zero-order chi connectivity index (χ0) is 25.5. The van der Waals surface area contributed by atoms with Crippen molar-refractivity contribution in [2.45, 2.75) is 12.5 Å². The standard InChI is InChI=1S/C27H24N8O2/c36-26(21-6-8-24(30-15-21)34-12-10-28-18-34)32-17-23(14-20-4-2-1-3-5-20)33-27(37)22-7-9-25(31-16-22)35-13-11-29-19-35/h1-13,15-16,18-19,23H,14,17H2,(H,32,36)(H,33,37). The van der Waals surface area contributed by atoms with Crippen molar-refractivity contribution in [3.8, 4) is 11.6 Å². The predicted molar refractivity (Wildman–Crippen MR) is 136 cm³/mol. The van der Waals surface area contributed by atoms with Crippen molar-refractivity contribution in [3.63, 3.8) is 0 Å². The average molecular weight is 493 g/mol. The van der Waals surface area contributed by atoms with Gasteiger partial charge >= 0.3 is 0 Å². The number of hydrogen-bond acceptors (Lipinski definition) is 6. The van der Waals surface area contributed by atoms with Crippen LogP contribution in [0.15, 0.2) is 104 Å². The van der Waals surface area contributed by atoms with Crippen LogP contribution in [0.4, 0.5) is 0 Å². The van der Waals surface area contributed by atoms with Crippen LogP contribution in [0, 0.1) is 0 Å². The Kier molecular flexibility index (Phi) is 7.07. The van der Waals surface area contributed by atoms with E-state index in [1.165, 1.54) is 12.4 Å². The Labute approximate surface area is 213 Å². The zero-order valence-electron chi connectivity index (χ0n) is 19.8. The van der Waals surface area contributed by atoms with Crippen LogP contribution in [0.3, 0.4) is 0 Å². The van der Waals surface area contributed by atoms with Crippen molar-refractivity contribution in [1.82, 2.24) is 39.7 Å². The van der Waals surface area contributed by atoms with Crippen LogP contribution in [-0.4, -0.2) is 53.5 Å². The number of carbonyl (C=O) groups excluding carboxylic acids is 2. The van der Waals surface area contributed by atoms with E-state index in [0.717, 1.165) is 5.56 Å². The highest BCUT2D eigenvalue weighted by Gasteiger charge is 2.17. The molecule has 0 aliphatic heterocycles. The predicted octanol–water partition coefficient (Wildman–Crippen LogP) is 2.62. The fourth-order valence-corrected chi connectivity index (χ4v) is 3.80. The number of benzene rings is 1. The molecule has 10 heteroatoms. The van der Waals surface area contributed by atoms with Gasteiger partial charge in [0.05, 0.1) is 17.2 Å². The molecule has 1 atom stereocenters. The summed E-state index contributed by atoms with van der Waals surface area (Å²) in [4.78, 5) is 42.5. The summed E-state index contributed by atoms with van der Waals surface area (Å²) >= 11 is 0. The molecule has 0 aliphatic carbocycles. The van der Waals surface area contributed by atoms with Crippen molar-refractivity contribution < 1.29 is 9.59 Å². The quantitative estimate of drug-likeness (QED) is 0.326. The Morgan fingerprint density at radius 3 is 1.86 bits per heavy atom. The number of nitrogens with one attached hydrogen (secondary N) is 2. The van der Waals surface area contributed by atoms with Crippen molar-refractivity contribution in [2.24, 2.45) is 0 Å². The lowest BCUT2D eigenvalue weighted by atomic mass is 10.1. The van der Waals surface area contributed by atoms with Crippen LogP contribution in [-0.2, 0) is 6.42 Å². The van der Waals surface area contributed by atoms with E-state index in [1.54, 1.807) is 70.8 Å². The van der Waals surface area contributed by atoms with E-state index >= 15 is 0 Å². The zero-order valence-corrected chi connectivity index (χ0v) is 19.8. The summed E-state index contributed by atoms with van der Waals surface area (Å²) in [6.07, 6.45) is 13.7. The number of hydrogen-bond donors (Lipinski definition) is 2. The van der Waals surface area contributed by atoms with E-state index in [0.29, 0.717) is 29.2 Å². The molecule has 184 valence electrons. The van der Waals surface area contributed by atoms with E-state index in [1.807, 2.05) is 30.3 Å². The Balaban J connectivity index is 1.25. The number of nitrogens with zero attached hydrogens (tertiary/aromatic N) is 6. The van der Waals surface area contributed by atoms with Gasteiger partial charge < -0.3 is 10.6 Å². The van der Waals surface area contributed by atoms with Crippen molar-refractivity contribution in [3.05, 3.63) is 121 Å². The first-order valence-corrected chi connectivity index (χ1v) is 11.7. The highest BCUT2D eigenvalue weighted by molar-refractivity contribution is 5.95. The van der Waals surface area contributed by atoms with E-state index in [2.05, 4.69) is 30.6 Å². The van der Waals surface area contributed by atoms with Gasteiger partial charge in [-0.25, -0.2) is 19.9 Å². The smallest absolute Gasteiger partial charge is 0.253 e. The van der Waals surface area contributed by atoms with E-state index < -0.39 is 0 Å². The monoisotopic (exact) mass is 492 g/mol. The second-order valence-corrected chi connectivity index (χ2v) is 8.32. The van der Waals surface area contributed by atoms with E-state index in [4.69, 9.17) is 0 Å². The van der Waals surface area contributed by atoms with Gasteiger partial charge in [0.1, 0.15) is 24.3 Å². The Bertz CT molecular complexity index is 1430. The number of pyridine rings is 2. The minimum atomic E-state index is -0.342. The summed E-state index contributed by atoms with van der Waals surface area (Å²) in [5, 5.41) is 5.95. The summed E-state index contributed by atoms with van der Waals surface area (Å²) in [6, 6.07) is 16.4. The van der Waals surface area contributed by atoms with Gasteiger partial charge in [-0.05, 0) is 36.2 Å². The maximum absolute atomic E-state index is 13.0. The van der Waals surface area contributed by atoms with Gasteiger partial charge in [-0.1, -0.05) is 30.3 Å². The molecule has 10 nitrogen and oxygen atoms in total. The SMILES string of the molecule is O=C(NCC(Cc1ccccc1)NC(=O)c1ccc(-n2ccnc2)nc1)c1ccc(-n2ccnc2)nc1. The summed E-state index contributed by atoms with van der Waals surface area (Å²) in [6.45, 7) is 0.239. The number of imidazole rings is 2. The van der Waals surface area contributed by atoms with Crippen molar-refractivity contribution in [2.75, 3.05) is 6.54 Å². The molecular formula is C27H24N8O2. The first kappa shape index (κ1) is 23.6. The Morgan fingerprint density at radius 2 is 1.35 bits per heavy atom. The minimum Gasteiger partial charge on any atom is -0.350 e. The van der Waals surface area contributed by atoms with Crippen LogP contribution in [0.5, 0.6) is 0 Å². The van der Waals surface area contributed by atoms with E-state index in [-0.39, 0.29) is 24.4 Å². The number of carbonyl (C=O) groups is 2. The molecule has 0 radical (unpaired) electrons. The number of aromatic nitrogens is 6. The van der Waals surface area contributed by atoms with Crippen molar-refractivity contribution >= 4 is 11.8 Å². The fraction of sp³-hybridized carbons (Fsp3) is 0.111. The lowest BCUT2D eigenvalue weighted by Gasteiger charge is -2.20. The van der Waals surface area contributed by atoms with E-state index in [9.17, 15) is 9.59 Å². The molecular weight excluding hydrogens is 468 g/mol. The van der Waals surface area contributed by atoms with Gasteiger partial charge in [-0.15, -0.1) is 0 Å². The molecule has 0 spiro atoms. The van der Waals surface area contributed by atoms with Crippen LogP contribution in [0.2, 0.25) is 0 Å². The van der Waals surface area contributed by atoms with Crippen LogP contribution in [0.25, 0.3) is 11.6 Å². The van der Waals surface area contributed by atoms with Gasteiger partial charge in [-0.2, -0.15) is 0 Å². The average Bonchev–Trinajstić information content (AvgIpc) is 3.68. The molecule has 1 aromatic carbocycles. The molecule has 4 aromatic heterocycles. The molecule has 5 rings (SSSR count). The summed E-state index contributed by atoms with van der Waals surface area (Å²) in [7, 11) is 0. The van der Waals surface area contributed by atoms with Crippen molar-refractivity contribution in [1.29, 1.82) is 0 Å². The van der Waals surface area contributed by atoms with Crippen LogP contribution >= 0.6 is 0 Å². The molecule has 2 amide bonds. The summed E-state index contributed by atoms with van der Waals surface area (Å²) in [5.41, 5.74) is 1.89. The molecule has 0 saturated carbocycles. The molecule has 0 fully saturated rings. The molecule has 0 bridgehead atoms. The van der Waals surface area contributed by atoms with Gasteiger partial charge in [0, 0.05) is 43.7 Å². The second kappa shape index (κ2) is 11.1. The topological polar surface area (TPSA) is 120 Å². The van der Waals surface area contributed by atoms with Crippen LogP contribution < -0.4 is 10.6 Å². The second-order valence-electron chi connectivity index (χ2n) is 8.32. The van der Waals surface area contributed by atoms with Gasteiger partial charge in [0.15, 0.2) is 0 Å². The fourth-order valence-electron chi connectivity index (χ4n) is 3.80. The lowest BCUT2D eigenvalue weighted by Crippen LogP contribution is -2.45. The third-order valence-electron chi connectivity index (χ3n) is 5.73. The maximum Gasteiger partial charge on any atom is 0.253 e. The van der Waals surface area contributed by atoms with Gasteiger partial charge in [-0.3, -0.25) is 18.7 Å². The minimum absolute atomic E-state index is 0.239. The number of amides is 2. The highest BCUT2D eigenvalue weighted by atomic mass is 16.2. The molecule has 5 aromatic rings. The molecule has 2 N–H and O–H groups in total. The third kappa shape index (κ3) is 5.93. The molecule has 4 heterocycles. The Hall–Kier alpha value is -5.12. The third-order valence-corrected chi connectivity index (χ3v) is 5.73. The lowest BCUT2D eigenvalue weighted by molar-refractivity contribution is 0.0908. The largest absolute Gasteiger partial charge is 0.350 e. The first-order chi connectivity index (χ1) is 18.2. The molecule has 37 heavy (non-hydrogen) atoms. The first-order valence-electron chi connectivity index (χ1n) is 11.7. The summed E-state index contributed by atoms with van der Waals surface area (Å²) < 4.78 is 3.51.